The van der Waals surface area contributed by atoms with Crippen LogP contribution in [-0.4, -0.2) is 46.7 Å². The number of fused-ring (bicyclic) bond motifs is 1. The normalized spacial score (nSPS) is 11.2. The van der Waals surface area contributed by atoms with E-state index in [-0.39, 0.29) is 5.69 Å². The summed E-state index contributed by atoms with van der Waals surface area (Å²) < 4.78 is 16.3. The van der Waals surface area contributed by atoms with Crippen LogP contribution in [0.2, 0.25) is 0 Å². The molecule has 0 radical (unpaired) electrons. The van der Waals surface area contributed by atoms with Gasteiger partial charge in [0.25, 0.3) is 0 Å². The summed E-state index contributed by atoms with van der Waals surface area (Å²) in [5.74, 6) is 0.686. The smallest absolute Gasteiger partial charge is 0.357 e. The number of carbonyl (C=O) groups is 1. The van der Waals surface area contributed by atoms with Gasteiger partial charge in [0, 0.05) is 41.8 Å². The maximum Gasteiger partial charge on any atom is 0.357 e. The highest BCUT2D eigenvalue weighted by atomic mass is 16.5. The number of H-pyrrole nitrogens is 1. The van der Waals surface area contributed by atoms with Gasteiger partial charge in [-0.3, -0.25) is 4.90 Å². The number of aromatic amines is 1. The molecule has 2 heterocycles. The Morgan fingerprint density at radius 2 is 1.97 bits per heavy atom. The van der Waals surface area contributed by atoms with Crippen molar-refractivity contribution in [1.82, 2.24) is 14.9 Å². The van der Waals surface area contributed by atoms with E-state index >= 15 is 0 Å². The molecule has 0 aliphatic heterocycles. The van der Waals surface area contributed by atoms with Crippen LogP contribution in [-0.2, 0) is 19.5 Å². The number of aromatic carboxylic acids is 1. The van der Waals surface area contributed by atoms with Crippen molar-refractivity contribution in [2.24, 2.45) is 0 Å². The fourth-order valence-corrected chi connectivity index (χ4v) is 3.73. The highest BCUT2D eigenvalue weighted by molar-refractivity contribution is 5.84. The van der Waals surface area contributed by atoms with Crippen LogP contribution >= 0.6 is 0 Å². The molecule has 2 N–H and O–H groups in total. The lowest BCUT2D eigenvalue weighted by Gasteiger charge is -2.22. The summed E-state index contributed by atoms with van der Waals surface area (Å²) in [6.45, 7) is 1.65. The lowest BCUT2D eigenvalue weighted by molar-refractivity contribution is 0.0690. The molecule has 8 nitrogen and oxygen atoms in total. The predicted molar refractivity (Wildman–Crippen MR) is 119 cm³/mol. The van der Waals surface area contributed by atoms with Crippen LogP contribution < -0.4 is 9.47 Å². The van der Waals surface area contributed by atoms with Gasteiger partial charge in [-0.25, -0.2) is 9.78 Å². The van der Waals surface area contributed by atoms with Gasteiger partial charge in [0.2, 0.25) is 5.89 Å². The number of oxazole rings is 1. The summed E-state index contributed by atoms with van der Waals surface area (Å²) in [6, 6.07) is 13.9. The van der Waals surface area contributed by atoms with Crippen LogP contribution in [0.5, 0.6) is 11.5 Å². The molecule has 166 valence electrons. The summed E-state index contributed by atoms with van der Waals surface area (Å²) in [5.41, 5.74) is 3.20. The van der Waals surface area contributed by atoms with Crippen molar-refractivity contribution in [2.75, 3.05) is 20.8 Å². The first-order chi connectivity index (χ1) is 15.6. The molecule has 0 aliphatic rings. The van der Waals surface area contributed by atoms with Gasteiger partial charge in [0.15, 0.2) is 5.69 Å². The molecule has 0 fully saturated rings. The van der Waals surface area contributed by atoms with Crippen LogP contribution in [0.3, 0.4) is 0 Å². The zero-order valence-electron chi connectivity index (χ0n) is 18.0. The highest BCUT2D eigenvalue weighted by Gasteiger charge is 2.17. The predicted octanol–water partition coefficient (Wildman–Crippen LogP) is 4.12. The largest absolute Gasteiger partial charge is 0.497 e. The molecule has 32 heavy (non-hydrogen) atoms. The Labute approximate surface area is 185 Å². The average molecular weight is 435 g/mol. The molecule has 0 saturated carbocycles. The third-order valence-corrected chi connectivity index (χ3v) is 5.39. The van der Waals surface area contributed by atoms with Gasteiger partial charge in [0.05, 0.1) is 20.8 Å². The van der Waals surface area contributed by atoms with E-state index in [0.717, 1.165) is 29.0 Å². The third kappa shape index (κ3) is 4.76. The number of para-hydroxylation sites is 1. The molecule has 4 rings (SSSR count). The molecule has 0 unspecified atom stereocenters. The Morgan fingerprint density at radius 3 is 2.72 bits per heavy atom. The number of hydrogen-bond donors (Lipinski definition) is 2. The molecule has 0 saturated heterocycles. The molecule has 0 amide bonds. The van der Waals surface area contributed by atoms with Crippen molar-refractivity contribution in [2.45, 2.75) is 19.5 Å². The maximum absolute atomic E-state index is 11.2. The minimum absolute atomic E-state index is 0.0985. The van der Waals surface area contributed by atoms with E-state index in [2.05, 4.69) is 27.0 Å². The number of hydrogen-bond acceptors (Lipinski definition) is 6. The minimum atomic E-state index is -1.11. The number of rotatable bonds is 10. The second-order valence-electron chi connectivity index (χ2n) is 7.43. The Kier molecular flexibility index (Phi) is 6.42. The Hall–Kier alpha value is -3.78. The summed E-state index contributed by atoms with van der Waals surface area (Å²) in [7, 11) is 3.24. The second kappa shape index (κ2) is 9.57. The average Bonchev–Trinajstić information content (AvgIpc) is 3.45. The zero-order valence-corrected chi connectivity index (χ0v) is 18.0. The number of carboxylic acids is 1. The number of benzene rings is 2. The quantitative estimate of drug-likeness (QED) is 0.386. The van der Waals surface area contributed by atoms with Gasteiger partial charge >= 0.3 is 5.97 Å². The first-order valence-corrected chi connectivity index (χ1v) is 10.2. The molecular weight excluding hydrogens is 410 g/mol. The Morgan fingerprint density at radius 1 is 1.12 bits per heavy atom. The van der Waals surface area contributed by atoms with Gasteiger partial charge in [-0.1, -0.05) is 24.3 Å². The maximum atomic E-state index is 11.2. The third-order valence-electron chi connectivity index (χ3n) is 5.39. The van der Waals surface area contributed by atoms with Crippen molar-refractivity contribution < 1.29 is 23.8 Å². The van der Waals surface area contributed by atoms with E-state index in [1.165, 1.54) is 17.2 Å². The molecule has 8 heteroatoms. The molecule has 4 aromatic rings. The summed E-state index contributed by atoms with van der Waals surface area (Å²) >= 11 is 0. The topological polar surface area (TPSA) is 101 Å². The van der Waals surface area contributed by atoms with Crippen LogP contribution in [0.15, 0.2) is 59.3 Å². The minimum Gasteiger partial charge on any atom is -0.497 e. The summed E-state index contributed by atoms with van der Waals surface area (Å²) in [5, 5.41) is 10.3. The fourth-order valence-electron chi connectivity index (χ4n) is 3.73. The van der Waals surface area contributed by atoms with Crippen LogP contribution in [0.1, 0.15) is 27.5 Å². The first-order valence-electron chi connectivity index (χ1n) is 10.2. The van der Waals surface area contributed by atoms with E-state index < -0.39 is 5.97 Å². The molecular formula is C24H25N3O5. The van der Waals surface area contributed by atoms with Crippen molar-refractivity contribution in [1.29, 1.82) is 0 Å². The molecule has 0 aliphatic carbocycles. The summed E-state index contributed by atoms with van der Waals surface area (Å²) in [6.07, 6.45) is 4.00. The van der Waals surface area contributed by atoms with E-state index in [9.17, 15) is 4.79 Å². The van der Waals surface area contributed by atoms with Crippen LogP contribution in [0.4, 0.5) is 0 Å². The van der Waals surface area contributed by atoms with E-state index in [1.54, 1.807) is 14.2 Å². The van der Waals surface area contributed by atoms with E-state index in [0.29, 0.717) is 25.5 Å². The molecule has 2 aromatic heterocycles. The zero-order chi connectivity index (χ0) is 22.5. The number of nitrogens with zero attached hydrogens (tertiary/aromatic N) is 2. The number of carboxylic acid groups (broad SMARTS) is 1. The SMILES string of the molecule is COc1ccc(CN(CCc2c[nH]c3ccccc23)Cc2nc(C(=O)O)co2)c(OC)c1. The number of methoxy groups -OCH3 is 2. The number of nitrogens with one attached hydrogen (secondary N) is 1. The van der Waals surface area contributed by atoms with Gasteiger partial charge in [-0.05, 0) is 24.1 Å². The lowest BCUT2D eigenvalue weighted by Crippen LogP contribution is -2.26. The molecule has 0 spiro atoms. The number of aromatic nitrogens is 2. The second-order valence-corrected chi connectivity index (χ2v) is 7.43. The van der Waals surface area contributed by atoms with Crippen molar-refractivity contribution in [3.63, 3.8) is 0 Å². The van der Waals surface area contributed by atoms with Crippen LogP contribution in [0, 0.1) is 0 Å². The van der Waals surface area contributed by atoms with Crippen molar-refractivity contribution in [3.05, 3.63) is 77.6 Å². The van der Waals surface area contributed by atoms with Gasteiger partial charge in [-0.2, -0.15) is 0 Å². The van der Waals surface area contributed by atoms with Gasteiger partial charge in [0.1, 0.15) is 17.8 Å². The fraction of sp³-hybridized carbons (Fsp3) is 0.250. The monoisotopic (exact) mass is 435 g/mol. The first kappa shape index (κ1) is 21.5. The van der Waals surface area contributed by atoms with E-state index in [1.807, 2.05) is 36.5 Å². The lowest BCUT2D eigenvalue weighted by atomic mass is 10.1. The molecule has 2 aromatic carbocycles. The van der Waals surface area contributed by atoms with Crippen molar-refractivity contribution >= 4 is 16.9 Å². The molecule has 0 bridgehead atoms. The Bertz CT molecular complexity index is 1210. The standard InChI is InChI=1S/C24H25N3O5/c1-30-18-8-7-17(22(11-18)31-2)13-27(14-23-26-21(15-32-23)24(28)29)10-9-16-12-25-20-6-4-3-5-19(16)20/h3-8,11-12,15,25H,9-10,13-14H2,1-2H3,(H,28,29). The van der Waals surface area contributed by atoms with Crippen molar-refractivity contribution in [3.8, 4) is 11.5 Å². The van der Waals surface area contributed by atoms with Gasteiger partial charge in [-0.15, -0.1) is 0 Å². The number of ether oxygens (including phenoxy) is 2. The Balaban J connectivity index is 1.56. The van der Waals surface area contributed by atoms with Gasteiger partial charge < -0.3 is 24.0 Å². The summed E-state index contributed by atoms with van der Waals surface area (Å²) in [4.78, 5) is 20.7. The van der Waals surface area contributed by atoms with Crippen LogP contribution in [0.25, 0.3) is 10.9 Å². The molecule has 0 atom stereocenters. The highest BCUT2D eigenvalue weighted by Crippen LogP contribution is 2.27. The van der Waals surface area contributed by atoms with E-state index in [4.69, 9.17) is 19.0 Å².